The summed E-state index contributed by atoms with van der Waals surface area (Å²) in [4.78, 5) is 0. The zero-order valence-electron chi connectivity index (χ0n) is 12.8. The maximum absolute atomic E-state index is 3.77. The normalized spacial score (nSPS) is 18.3. The van der Waals surface area contributed by atoms with Crippen LogP contribution < -0.4 is 5.32 Å². The first kappa shape index (κ1) is 14.6. The third-order valence-electron chi connectivity index (χ3n) is 4.54. The maximum atomic E-state index is 3.77. The van der Waals surface area contributed by atoms with Crippen LogP contribution in [0.4, 0.5) is 0 Å². The minimum Gasteiger partial charge on any atom is -0.313 e. The van der Waals surface area contributed by atoms with Gasteiger partial charge in [-0.2, -0.15) is 0 Å². The van der Waals surface area contributed by atoms with E-state index in [1.807, 2.05) is 0 Å². The molecular formula is C18H29N. The van der Waals surface area contributed by atoms with Crippen molar-refractivity contribution in [1.29, 1.82) is 0 Å². The van der Waals surface area contributed by atoms with Gasteiger partial charge in [0.05, 0.1) is 0 Å². The molecular weight excluding hydrogens is 230 g/mol. The first-order valence-corrected chi connectivity index (χ1v) is 8.05. The van der Waals surface area contributed by atoms with E-state index in [0.717, 1.165) is 24.8 Å². The Bertz CT molecular complexity index is 364. The summed E-state index contributed by atoms with van der Waals surface area (Å²) in [5, 5.41) is 3.77. The molecule has 1 nitrogen and oxygen atoms in total. The van der Waals surface area contributed by atoms with Gasteiger partial charge in [-0.25, -0.2) is 0 Å². The highest BCUT2D eigenvalue weighted by atomic mass is 14.9. The van der Waals surface area contributed by atoms with Crippen molar-refractivity contribution in [3.8, 4) is 0 Å². The second-order valence-electron chi connectivity index (χ2n) is 6.13. The summed E-state index contributed by atoms with van der Waals surface area (Å²) in [6.45, 7) is 8.05. The SMILES string of the molecule is CCCNC(Cc1ccc(CC)cc1)C(C)C1CC1. The van der Waals surface area contributed by atoms with E-state index in [-0.39, 0.29) is 0 Å². The molecule has 1 heteroatoms. The second kappa shape index (κ2) is 7.09. The van der Waals surface area contributed by atoms with Crippen LogP contribution in [0.15, 0.2) is 24.3 Å². The molecule has 0 spiro atoms. The van der Waals surface area contributed by atoms with Gasteiger partial charge in [-0.1, -0.05) is 45.0 Å². The van der Waals surface area contributed by atoms with Crippen molar-refractivity contribution in [3.05, 3.63) is 35.4 Å². The van der Waals surface area contributed by atoms with Crippen LogP contribution in [-0.2, 0) is 12.8 Å². The van der Waals surface area contributed by atoms with Gasteiger partial charge in [0.1, 0.15) is 0 Å². The molecule has 19 heavy (non-hydrogen) atoms. The average Bonchev–Trinajstić information content (AvgIpc) is 3.28. The van der Waals surface area contributed by atoms with Crippen LogP contribution in [-0.4, -0.2) is 12.6 Å². The van der Waals surface area contributed by atoms with Gasteiger partial charge in [0.2, 0.25) is 0 Å². The fourth-order valence-electron chi connectivity index (χ4n) is 2.89. The highest BCUT2D eigenvalue weighted by Crippen LogP contribution is 2.38. The standard InChI is InChI=1S/C18H29N/c1-4-12-19-18(14(3)17-10-11-17)13-16-8-6-15(5-2)7-9-16/h6-9,14,17-19H,4-5,10-13H2,1-3H3. The molecule has 0 bridgehead atoms. The van der Waals surface area contributed by atoms with Crippen LogP contribution in [0, 0.1) is 11.8 Å². The molecule has 1 aromatic rings. The van der Waals surface area contributed by atoms with Crippen LogP contribution in [0.2, 0.25) is 0 Å². The maximum Gasteiger partial charge on any atom is 0.0136 e. The smallest absolute Gasteiger partial charge is 0.0136 e. The van der Waals surface area contributed by atoms with E-state index in [1.54, 1.807) is 0 Å². The monoisotopic (exact) mass is 259 g/mol. The summed E-state index contributed by atoms with van der Waals surface area (Å²) in [7, 11) is 0. The minimum absolute atomic E-state index is 0.653. The molecule has 0 saturated heterocycles. The van der Waals surface area contributed by atoms with Gasteiger partial charge < -0.3 is 5.32 Å². The number of rotatable bonds is 8. The Hall–Kier alpha value is -0.820. The van der Waals surface area contributed by atoms with E-state index >= 15 is 0 Å². The lowest BCUT2D eigenvalue weighted by atomic mass is 9.90. The van der Waals surface area contributed by atoms with Crippen molar-refractivity contribution in [2.24, 2.45) is 11.8 Å². The Labute approximate surface area is 118 Å². The molecule has 0 amide bonds. The van der Waals surface area contributed by atoms with E-state index < -0.39 is 0 Å². The van der Waals surface area contributed by atoms with Gasteiger partial charge in [0.25, 0.3) is 0 Å². The molecule has 106 valence electrons. The lowest BCUT2D eigenvalue weighted by molar-refractivity contribution is 0.339. The topological polar surface area (TPSA) is 12.0 Å². The molecule has 0 radical (unpaired) electrons. The Morgan fingerprint density at radius 1 is 1.11 bits per heavy atom. The fourth-order valence-corrected chi connectivity index (χ4v) is 2.89. The molecule has 1 aromatic carbocycles. The van der Waals surface area contributed by atoms with Crippen molar-refractivity contribution < 1.29 is 0 Å². The first-order chi connectivity index (χ1) is 9.24. The van der Waals surface area contributed by atoms with Crippen LogP contribution >= 0.6 is 0 Å². The lowest BCUT2D eigenvalue weighted by Crippen LogP contribution is -2.38. The Morgan fingerprint density at radius 2 is 1.74 bits per heavy atom. The number of nitrogens with one attached hydrogen (secondary N) is 1. The van der Waals surface area contributed by atoms with Crippen molar-refractivity contribution in [2.75, 3.05) is 6.54 Å². The van der Waals surface area contributed by atoms with Crippen LogP contribution in [0.1, 0.15) is 51.2 Å². The summed E-state index contributed by atoms with van der Waals surface area (Å²) in [6, 6.07) is 9.86. The first-order valence-electron chi connectivity index (χ1n) is 8.05. The zero-order chi connectivity index (χ0) is 13.7. The van der Waals surface area contributed by atoms with E-state index in [0.29, 0.717) is 6.04 Å². The van der Waals surface area contributed by atoms with Crippen molar-refractivity contribution in [1.82, 2.24) is 5.32 Å². The Balaban J connectivity index is 1.96. The third-order valence-corrected chi connectivity index (χ3v) is 4.54. The Morgan fingerprint density at radius 3 is 2.26 bits per heavy atom. The largest absolute Gasteiger partial charge is 0.313 e. The quantitative estimate of drug-likeness (QED) is 0.737. The van der Waals surface area contributed by atoms with Gasteiger partial charge in [-0.3, -0.25) is 0 Å². The highest BCUT2D eigenvalue weighted by Gasteiger charge is 2.32. The van der Waals surface area contributed by atoms with Crippen molar-refractivity contribution in [3.63, 3.8) is 0 Å². The summed E-state index contributed by atoms with van der Waals surface area (Å²) in [6.07, 6.45) is 6.43. The van der Waals surface area contributed by atoms with Gasteiger partial charge in [0.15, 0.2) is 0 Å². The van der Waals surface area contributed by atoms with E-state index in [2.05, 4.69) is 50.4 Å². The number of hydrogen-bond donors (Lipinski definition) is 1. The van der Waals surface area contributed by atoms with Gasteiger partial charge in [-0.15, -0.1) is 0 Å². The molecule has 1 N–H and O–H groups in total. The molecule has 1 fully saturated rings. The van der Waals surface area contributed by atoms with Crippen molar-refractivity contribution >= 4 is 0 Å². The van der Waals surface area contributed by atoms with Crippen molar-refractivity contribution in [2.45, 2.75) is 58.9 Å². The number of benzene rings is 1. The predicted octanol–water partition coefficient (Wildman–Crippen LogP) is 4.21. The minimum atomic E-state index is 0.653. The molecule has 2 unspecified atom stereocenters. The average molecular weight is 259 g/mol. The van der Waals surface area contributed by atoms with E-state index in [1.165, 1.54) is 36.8 Å². The number of hydrogen-bond acceptors (Lipinski definition) is 1. The lowest BCUT2D eigenvalue weighted by Gasteiger charge is -2.25. The fraction of sp³-hybridized carbons (Fsp3) is 0.667. The molecule has 0 aromatic heterocycles. The van der Waals surface area contributed by atoms with Gasteiger partial charge >= 0.3 is 0 Å². The Kier molecular flexibility index (Phi) is 5.45. The third kappa shape index (κ3) is 4.35. The molecule has 1 aliphatic carbocycles. The molecule has 1 aliphatic rings. The van der Waals surface area contributed by atoms with E-state index in [9.17, 15) is 0 Å². The predicted molar refractivity (Wildman–Crippen MR) is 83.5 cm³/mol. The summed E-state index contributed by atoms with van der Waals surface area (Å²) in [5.74, 6) is 1.79. The zero-order valence-corrected chi connectivity index (χ0v) is 12.8. The molecule has 0 aliphatic heterocycles. The van der Waals surface area contributed by atoms with Crippen LogP contribution in [0.3, 0.4) is 0 Å². The molecule has 0 heterocycles. The highest BCUT2D eigenvalue weighted by molar-refractivity contribution is 5.23. The molecule has 2 rings (SSSR count). The number of aryl methyl sites for hydroxylation is 1. The van der Waals surface area contributed by atoms with Gasteiger partial charge in [-0.05, 0) is 61.6 Å². The molecule has 2 atom stereocenters. The van der Waals surface area contributed by atoms with Gasteiger partial charge in [0, 0.05) is 6.04 Å². The summed E-state index contributed by atoms with van der Waals surface area (Å²) < 4.78 is 0. The summed E-state index contributed by atoms with van der Waals surface area (Å²) >= 11 is 0. The second-order valence-corrected chi connectivity index (χ2v) is 6.13. The van der Waals surface area contributed by atoms with Crippen LogP contribution in [0.25, 0.3) is 0 Å². The summed E-state index contributed by atoms with van der Waals surface area (Å²) in [5.41, 5.74) is 2.93. The van der Waals surface area contributed by atoms with Crippen LogP contribution in [0.5, 0.6) is 0 Å². The van der Waals surface area contributed by atoms with E-state index in [4.69, 9.17) is 0 Å². The molecule has 1 saturated carbocycles.